The maximum atomic E-state index is 12.3. The second-order valence-electron chi connectivity index (χ2n) is 5.03. The Morgan fingerprint density at radius 3 is 2.52 bits per heavy atom. The van der Waals surface area contributed by atoms with Gasteiger partial charge in [0, 0.05) is 5.56 Å². The summed E-state index contributed by atoms with van der Waals surface area (Å²) < 4.78 is 10.0. The molecule has 2 rings (SSSR count). The summed E-state index contributed by atoms with van der Waals surface area (Å²) in [5.74, 6) is -0.846. The number of nitrogens with one attached hydrogen (secondary N) is 1. The average molecular weight is 341 g/mol. The molecule has 0 saturated heterocycles. The van der Waals surface area contributed by atoms with Crippen molar-refractivity contribution in [2.45, 2.75) is 6.92 Å². The van der Waals surface area contributed by atoms with Crippen LogP contribution in [-0.4, -0.2) is 30.7 Å². The van der Waals surface area contributed by atoms with Gasteiger partial charge in [-0.15, -0.1) is 0 Å². The summed E-state index contributed by atoms with van der Waals surface area (Å²) in [6.45, 7) is 1.86. The molecule has 0 bridgehead atoms. The summed E-state index contributed by atoms with van der Waals surface area (Å²) in [5.41, 5.74) is 0.968. The molecule has 0 atom stereocenters. The standard InChI is InChI=1S/C19H19NO5/c1-3-25-19(23)15(20-18(22)14-7-5-4-6-8-14)11-13-9-10-16(21)17(12-13)24-2/h4-12,21H,3H2,1-2H3,(H,20,22)/b15-11-. The van der Waals surface area contributed by atoms with Crippen LogP contribution in [0.3, 0.4) is 0 Å². The van der Waals surface area contributed by atoms with Crippen LogP contribution in [0.5, 0.6) is 11.5 Å². The van der Waals surface area contributed by atoms with Crippen LogP contribution < -0.4 is 10.1 Å². The lowest BCUT2D eigenvalue weighted by molar-refractivity contribution is -0.138. The first kappa shape index (κ1) is 18.1. The van der Waals surface area contributed by atoms with Crippen molar-refractivity contribution >= 4 is 18.0 Å². The Kier molecular flexibility index (Phi) is 6.17. The molecule has 25 heavy (non-hydrogen) atoms. The molecule has 6 nitrogen and oxygen atoms in total. The van der Waals surface area contributed by atoms with Gasteiger partial charge >= 0.3 is 5.97 Å². The molecule has 2 N–H and O–H groups in total. The highest BCUT2D eigenvalue weighted by atomic mass is 16.5. The average Bonchev–Trinajstić information content (AvgIpc) is 2.63. The fourth-order valence-electron chi connectivity index (χ4n) is 2.09. The topological polar surface area (TPSA) is 84.9 Å². The second kappa shape index (κ2) is 8.54. The number of phenols is 1. The molecule has 2 aromatic rings. The lowest BCUT2D eigenvalue weighted by Gasteiger charge is -2.10. The molecule has 6 heteroatoms. The number of ether oxygens (including phenoxy) is 2. The largest absolute Gasteiger partial charge is 0.504 e. The van der Waals surface area contributed by atoms with E-state index in [0.29, 0.717) is 11.1 Å². The number of hydrogen-bond donors (Lipinski definition) is 2. The molecular weight excluding hydrogens is 322 g/mol. The van der Waals surface area contributed by atoms with Crippen molar-refractivity contribution in [3.05, 3.63) is 65.4 Å². The third kappa shape index (κ3) is 4.84. The zero-order valence-corrected chi connectivity index (χ0v) is 14.0. The monoisotopic (exact) mass is 341 g/mol. The first-order valence-corrected chi connectivity index (χ1v) is 7.67. The maximum absolute atomic E-state index is 12.3. The van der Waals surface area contributed by atoms with E-state index in [1.807, 2.05) is 0 Å². The molecule has 130 valence electrons. The molecule has 2 aromatic carbocycles. The Labute approximate surface area is 145 Å². The van der Waals surface area contributed by atoms with Gasteiger partial charge < -0.3 is 19.9 Å². The zero-order chi connectivity index (χ0) is 18.2. The molecule has 0 fully saturated rings. The summed E-state index contributed by atoms with van der Waals surface area (Å²) >= 11 is 0. The number of phenolic OH excluding ortho intramolecular Hbond substituents is 1. The van der Waals surface area contributed by atoms with Crippen LogP contribution in [0.25, 0.3) is 6.08 Å². The van der Waals surface area contributed by atoms with Crippen LogP contribution >= 0.6 is 0 Å². The molecule has 0 spiro atoms. The molecule has 0 aliphatic carbocycles. The van der Waals surface area contributed by atoms with Crippen molar-refractivity contribution in [3.63, 3.8) is 0 Å². The first-order chi connectivity index (χ1) is 12.0. The van der Waals surface area contributed by atoms with Gasteiger partial charge in [-0.25, -0.2) is 4.79 Å². The van der Waals surface area contributed by atoms with Crippen LogP contribution in [0, 0.1) is 0 Å². The molecule has 0 unspecified atom stereocenters. The molecule has 0 saturated carbocycles. The minimum atomic E-state index is -0.654. The van der Waals surface area contributed by atoms with Gasteiger partial charge in [-0.05, 0) is 42.8 Å². The molecule has 0 aliphatic rings. The molecule has 0 aliphatic heterocycles. The van der Waals surface area contributed by atoms with Gasteiger partial charge in [0.05, 0.1) is 13.7 Å². The molecular formula is C19H19NO5. The zero-order valence-electron chi connectivity index (χ0n) is 14.0. The summed E-state index contributed by atoms with van der Waals surface area (Å²) in [7, 11) is 1.42. The number of hydrogen-bond acceptors (Lipinski definition) is 5. The van der Waals surface area contributed by atoms with Gasteiger partial charge in [0.1, 0.15) is 5.70 Å². The number of amides is 1. The third-order valence-corrected chi connectivity index (χ3v) is 3.29. The molecule has 1 amide bonds. The highest BCUT2D eigenvalue weighted by Gasteiger charge is 2.16. The molecule has 0 radical (unpaired) electrons. The number of carbonyl (C=O) groups excluding carboxylic acids is 2. The maximum Gasteiger partial charge on any atom is 0.354 e. The second-order valence-corrected chi connectivity index (χ2v) is 5.03. The Bertz CT molecular complexity index is 784. The Hall–Kier alpha value is -3.28. The molecule has 0 aromatic heterocycles. The summed E-state index contributed by atoms with van der Waals surface area (Å²) in [6.07, 6.45) is 1.46. The third-order valence-electron chi connectivity index (χ3n) is 3.29. The number of aromatic hydroxyl groups is 1. The van der Waals surface area contributed by atoms with Gasteiger partial charge in [-0.1, -0.05) is 24.3 Å². The summed E-state index contributed by atoms with van der Waals surface area (Å²) in [4.78, 5) is 24.5. The number of carbonyl (C=O) groups is 2. The Balaban J connectivity index is 2.32. The first-order valence-electron chi connectivity index (χ1n) is 7.67. The number of rotatable bonds is 6. The fourth-order valence-corrected chi connectivity index (χ4v) is 2.09. The smallest absolute Gasteiger partial charge is 0.354 e. The quantitative estimate of drug-likeness (QED) is 0.623. The number of methoxy groups -OCH3 is 1. The van der Waals surface area contributed by atoms with Gasteiger partial charge in [0.15, 0.2) is 11.5 Å². The van der Waals surface area contributed by atoms with E-state index in [-0.39, 0.29) is 23.8 Å². The van der Waals surface area contributed by atoms with Crippen LogP contribution in [0.2, 0.25) is 0 Å². The van der Waals surface area contributed by atoms with Crippen molar-refractivity contribution < 1.29 is 24.2 Å². The van der Waals surface area contributed by atoms with E-state index < -0.39 is 11.9 Å². The SMILES string of the molecule is CCOC(=O)/C(=C/c1ccc(O)c(OC)c1)NC(=O)c1ccccc1. The molecule has 0 heterocycles. The van der Waals surface area contributed by atoms with Crippen LogP contribution in [0.1, 0.15) is 22.8 Å². The highest BCUT2D eigenvalue weighted by molar-refractivity contribution is 6.03. The van der Waals surface area contributed by atoms with Gasteiger partial charge in [0.2, 0.25) is 0 Å². The van der Waals surface area contributed by atoms with Crippen LogP contribution in [-0.2, 0) is 9.53 Å². The lowest BCUT2D eigenvalue weighted by Crippen LogP contribution is -2.28. The van der Waals surface area contributed by atoms with E-state index in [0.717, 1.165) is 0 Å². The van der Waals surface area contributed by atoms with E-state index in [9.17, 15) is 14.7 Å². The van der Waals surface area contributed by atoms with E-state index in [1.165, 1.54) is 19.3 Å². The minimum absolute atomic E-state index is 0.0107. The highest BCUT2D eigenvalue weighted by Crippen LogP contribution is 2.27. The van der Waals surface area contributed by atoms with Gasteiger partial charge in [-0.2, -0.15) is 0 Å². The van der Waals surface area contributed by atoms with Gasteiger partial charge in [-0.3, -0.25) is 4.79 Å². The van der Waals surface area contributed by atoms with E-state index in [1.54, 1.807) is 49.4 Å². The minimum Gasteiger partial charge on any atom is -0.504 e. The summed E-state index contributed by atoms with van der Waals surface area (Å²) in [5, 5.41) is 12.2. The fraction of sp³-hybridized carbons (Fsp3) is 0.158. The Morgan fingerprint density at radius 2 is 1.88 bits per heavy atom. The normalized spacial score (nSPS) is 10.9. The van der Waals surface area contributed by atoms with Crippen molar-refractivity contribution in [2.24, 2.45) is 0 Å². The predicted molar refractivity (Wildman–Crippen MR) is 93.2 cm³/mol. The lowest BCUT2D eigenvalue weighted by atomic mass is 10.1. The van der Waals surface area contributed by atoms with E-state index in [2.05, 4.69) is 5.32 Å². The van der Waals surface area contributed by atoms with Crippen LogP contribution in [0.4, 0.5) is 0 Å². The van der Waals surface area contributed by atoms with Crippen molar-refractivity contribution in [1.29, 1.82) is 0 Å². The van der Waals surface area contributed by atoms with E-state index >= 15 is 0 Å². The number of benzene rings is 2. The van der Waals surface area contributed by atoms with Crippen molar-refractivity contribution in [1.82, 2.24) is 5.32 Å². The van der Waals surface area contributed by atoms with Crippen molar-refractivity contribution in [3.8, 4) is 11.5 Å². The van der Waals surface area contributed by atoms with E-state index in [4.69, 9.17) is 9.47 Å². The predicted octanol–water partition coefficient (Wildman–Crippen LogP) is 2.73. The van der Waals surface area contributed by atoms with Crippen LogP contribution in [0.15, 0.2) is 54.2 Å². The Morgan fingerprint density at radius 1 is 1.16 bits per heavy atom. The number of esters is 1. The summed E-state index contributed by atoms with van der Waals surface area (Å²) in [6, 6.07) is 13.1. The van der Waals surface area contributed by atoms with Crippen molar-refractivity contribution in [2.75, 3.05) is 13.7 Å². The van der Waals surface area contributed by atoms with Gasteiger partial charge in [0.25, 0.3) is 5.91 Å².